The average molecular weight is 309 g/mol. The highest BCUT2D eigenvalue weighted by Gasteiger charge is 2.30. The van der Waals surface area contributed by atoms with E-state index in [4.69, 9.17) is 5.73 Å². The molecule has 22 heavy (non-hydrogen) atoms. The summed E-state index contributed by atoms with van der Waals surface area (Å²) in [6.07, 6.45) is -1.47. The number of H-pyrrole nitrogens is 1. The van der Waals surface area contributed by atoms with Gasteiger partial charge in [0, 0.05) is 18.0 Å². The van der Waals surface area contributed by atoms with Crippen molar-refractivity contribution in [2.24, 2.45) is 0 Å². The number of imidazole rings is 1. The van der Waals surface area contributed by atoms with E-state index in [0.717, 1.165) is 0 Å². The van der Waals surface area contributed by atoms with E-state index in [1.54, 1.807) is 16.8 Å². The monoisotopic (exact) mass is 309 g/mol. The molecule has 0 saturated carbocycles. The van der Waals surface area contributed by atoms with E-state index in [-0.39, 0.29) is 5.75 Å². The van der Waals surface area contributed by atoms with Crippen LogP contribution in [0.15, 0.2) is 42.9 Å². The first-order valence-corrected chi connectivity index (χ1v) is 6.12. The first-order valence-electron chi connectivity index (χ1n) is 6.12. The van der Waals surface area contributed by atoms with Crippen LogP contribution in [0.1, 0.15) is 0 Å². The molecule has 2 aromatic heterocycles. The summed E-state index contributed by atoms with van der Waals surface area (Å²) in [6, 6.07) is 7.09. The maximum atomic E-state index is 12.1. The Morgan fingerprint density at radius 1 is 1.18 bits per heavy atom. The largest absolute Gasteiger partial charge is 0.573 e. The van der Waals surface area contributed by atoms with Gasteiger partial charge in [-0.15, -0.1) is 13.2 Å². The lowest BCUT2D eigenvalue weighted by atomic mass is 10.3. The molecule has 0 bridgehead atoms. The van der Waals surface area contributed by atoms with Gasteiger partial charge in [0.25, 0.3) is 0 Å². The minimum Gasteiger partial charge on any atom is -0.406 e. The quantitative estimate of drug-likeness (QED) is 0.779. The molecule has 6 nitrogen and oxygen atoms in total. The van der Waals surface area contributed by atoms with Gasteiger partial charge in [-0.1, -0.05) is 0 Å². The van der Waals surface area contributed by atoms with Crippen LogP contribution in [-0.2, 0) is 0 Å². The number of anilines is 1. The standard InChI is InChI=1S/C13H10F3N5O/c14-13(15,16)22-9-3-1-8(2-4-9)21-6-11(18-7-21)10-5-12(17)20-19-10/h1-7H,(H3,17,19,20). The molecule has 1 aromatic carbocycles. The third kappa shape index (κ3) is 3.03. The molecular formula is C13H10F3N5O. The average Bonchev–Trinajstić information content (AvgIpc) is 3.06. The molecule has 0 amide bonds. The summed E-state index contributed by atoms with van der Waals surface area (Å²) in [7, 11) is 0. The van der Waals surface area contributed by atoms with Crippen molar-refractivity contribution in [1.29, 1.82) is 0 Å². The Morgan fingerprint density at radius 3 is 2.50 bits per heavy atom. The van der Waals surface area contributed by atoms with Crippen molar-refractivity contribution in [2.75, 3.05) is 5.73 Å². The normalized spacial score (nSPS) is 11.6. The van der Waals surface area contributed by atoms with Crippen LogP contribution in [0.3, 0.4) is 0 Å². The zero-order valence-corrected chi connectivity index (χ0v) is 11.0. The molecule has 0 aliphatic rings. The van der Waals surface area contributed by atoms with Crippen molar-refractivity contribution in [3.05, 3.63) is 42.9 Å². The Hall–Kier alpha value is -2.97. The van der Waals surface area contributed by atoms with E-state index in [2.05, 4.69) is 19.9 Å². The van der Waals surface area contributed by atoms with E-state index in [0.29, 0.717) is 22.9 Å². The summed E-state index contributed by atoms with van der Waals surface area (Å²) in [5.41, 5.74) is 7.42. The predicted octanol–water partition coefficient (Wildman–Crippen LogP) is 2.74. The van der Waals surface area contributed by atoms with Crippen molar-refractivity contribution >= 4 is 5.82 Å². The molecule has 0 radical (unpaired) electrons. The lowest BCUT2D eigenvalue weighted by molar-refractivity contribution is -0.274. The highest BCUT2D eigenvalue weighted by molar-refractivity contribution is 5.57. The van der Waals surface area contributed by atoms with Crippen molar-refractivity contribution in [1.82, 2.24) is 19.7 Å². The number of nitrogen functional groups attached to an aromatic ring is 1. The van der Waals surface area contributed by atoms with Crippen molar-refractivity contribution in [2.45, 2.75) is 6.36 Å². The zero-order valence-electron chi connectivity index (χ0n) is 11.0. The summed E-state index contributed by atoms with van der Waals surface area (Å²) in [5, 5.41) is 6.53. The number of nitrogens with two attached hydrogens (primary N) is 1. The highest BCUT2D eigenvalue weighted by Crippen LogP contribution is 2.24. The van der Waals surface area contributed by atoms with Gasteiger partial charge in [-0.05, 0) is 24.3 Å². The first kappa shape index (κ1) is 14.0. The molecule has 114 valence electrons. The number of rotatable bonds is 3. The smallest absolute Gasteiger partial charge is 0.406 e. The fourth-order valence-corrected chi connectivity index (χ4v) is 1.89. The maximum Gasteiger partial charge on any atom is 0.573 e. The molecule has 0 atom stereocenters. The SMILES string of the molecule is Nc1cc(-c2cn(-c3ccc(OC(F)(F)F)cc3)cn2)[nH]n1. The topological polar surface area (TPSA) is 81.8 Å². The van der Waals surface area contributed by atoms with Crippen LogP contribution in [0.2, 0.25) is 0 Å². The van der Waals surface area contributed by atoms with Crippen molar-refractivity contribution < 1.29 is 17.9 Å². The van der Waals surface area contributed by atoms with Crippen LogP contribution < -0.4 is 10.5 Å². The molecule has 3 N–H and O–H groups in total. The van der Waals surface area contributed by atoms with Gasteiger partial charge in [-0.25, -0.2) is 4.98 Å². The molecule has 0 fully saturated rings. The van der Waals surface area contributed by atoms with Gasteiger partial charge in [-0.2, -0.15) is 5.10 Å². The van der Waals surface area contributed by atoms with Gasteiger partial charge in [0.15, 0.2) is 0 Å². The summed E-state index contributed by atoms with van der Waals surface area (Å²) in [4.78, 5) is 4.18. The van der Waals surface area contributed by atoms with Crippen molar-refractivity contribution in [3.63, 3.8) is 0 Å². The Kier molecular flexibility index (Phi) is 3.24. The van der Waals surface area contributed by atoms with Crippen LogP contribution in [0, 0.1) is 0 Å². The van der Waals surface area contributed by atoms with E-state index in [1.165, 1.54) is 30.6 Å². The van der Waals surface area contributed by atoms with Gasteiger partial charge in [-0.3, -0.25) is 5.10 Å². The van der Waals surface area contributed by atoms with Gasteiger partial charge in [0.05, 0.1) is 12.0 Å². The van der Waals surface area contributed by atoms with Gasteiger partial charge in [0.2, 0.25) is 0 Å². The fraction of sp³-hybridized carbons (Fsp3) is 0.0769. The number of hydrogen-bond acceptors (Lipinski definition) is 4. The number of alkyl halides is 3. The second-order valence-electron chi connectivity index (χ2n) is 4.41. The van der Waals surface area contributed by atoms with Crippen LogP contribution >= 0.6 is 0 Å². The third-order valence-electron chi connectivity index (χ3n) is 2.82. The van der Waals surface area contributed by atoms with Crippen LogP contribution in [-0.4, -0.2) is 26.1 Å². The molecule has 0 saturated heterocycles. The lowest BCUT2D eigenvalue weighted by Crippen LogP contribution is -2.17. The Morgan fingerprint density at radius 2 is 1.91 bits per heavy atom. The first-order chi connectivity index (χ1) is 10.4. The molecular weight excluding hydrogens is 299 g/mol. The van der Waals surface area contributed by atoms with Crippen LogP contribution in [0.5, 0.6) is 5.75 Å². The number of ether oxygens (including phenoxy) is 1. The Bertz CT molecular complexity index is 776. The number of aromatic nitrogens is 4. The molecule has 0 spiro atoms. The number of aromatic amines is 1. The minimum atomic E-state index is -4.70. The minimum absolute atomic E-state index is 0.280. The van der Waals surface area contributed by atoms with E-state index < -0.39 is 6.36 Å². The zero-order chi connectivity index (χ0) is 15.7. The molecule has 3 rings (SSSR count). The number of benzene rings is 1. The lowest BCUT2D eigenvalue weighted by Gasteiger charge is -2.09. The fourth-order valence-electron chi connectivity index (χ4n) is 1.89. The van der Waals surface area contributed by atoms with E-state index in [1.807, 2.05) is 0 Å². The highest BCUT2D eigenvalue weighted by atomic mass is 19.4. The summed E-state index contributed by atoms with van der Waals surface area (Å²) in [5.74, 6) is 0.0659. The Labute approximate surface area is 122 Å². The predicted molar refractivity (Wildman–Crippen MR) is 72.2 cm³/mol. The number of nitrogens with zero attached hydrogens (tertiary/aromatic N) is 3. The summed E-state index contributed by atoms with van der Waals surface area (Å²) >= 11 is 0. The summed E-state index contributed by atoms with van der Waals surface area (Å²) < 4.78 is 41.8. The molecule has 9 heteroatoms. The molecule has 0 aliphatic heterocycles. The molecule has 3 aromatic rings. The molecule has 2 heterocycles. The van der Waals surface area contributed by atoms with E-state index >= 15 is 0 Å². The van der Waals surface area contributed by atoms with Gasteiger partial charge < -0.3 is 15.0 Å². The van der Waals surface area contributed by atoms with Crippen LogP contribution in [0.4, 0.5) is 19.0 Å². The van der Waals surface area contributed by atoms with E-state index in [9.17, 15) is 13.2 Å². The molecule has 0 aliphatic carbocycles. The van der Waals surface area contributed by atoms with Gasteiger partial charge in [0.1, 0.15) is 17.3 Å². The second-order valence-corrected chi connectivity index (χ2v) is 4.41. The van der Waals surface area contributed by atoms with Crippen molar-refractivity contribution in [3.8, 4) is 22.8 Å². The van der Waals surface area contributed by atoms with Crippen LogP contribution in [0.25, 0.3) is 17.1 Å². The second kappa shape index (κ2) is 5.10. The number of halogens is 3. The number of nitrogens with one attached hydrogen (secondary N) is 1. The van der Waals surface area contributed by atoms with Gasteiger partial charge >= 0.3 is 6.36 Å². The number of hydrogen-bond donors (Lipinski definition) is 2. The molecule has 0 unspecified atom stereocenters. The maximum absolute atomic E-state index is 12.1. The third-order valence-corrected chi connectivity index (χ3v) is 2.82. The Balaban J connectivity index is 1.81. The summed E-state index contributed by atoms with van der Waals surface area (Å²) in [6.45, 7) is 0.